The normalized spacial score (nSPS) is 14.5. The van der Waals surface area contributed by atoms with Gasteiger partial charge >= 0.3 is 0 Å². The second-order valence-corrected chi connectivity index (χ2v) is 8.86. The molecule has 0 bridgehead atoms. The number of aromatic amines is 1. The van der Waals surface area contributed by atoms with Crippen LogP contribution >= 0.6 is 22.7 Å². The SMILES string of the molecule is O=C(C(=Cc1ccsc1)c1nc2scc(-c3ccccc3)c2c(=O)[nH]1)N1CCCC1. The number of fused-ring (bicyclic) bond motifs is 1. The fraction of sp³-hybridized carbons (Fsp3) is 0.174. The number of hydrogen-bond donors (Lipinski definition) is 1. The third kappa shape index (κ3) is 3.51. The molecule has 0 unspecified atom stereocenters. The van der Waals surface area contributed by atoms with Crippen LogP contribution in [-0.2, 0) is 4.79 Å². The second-order valence-electron chi connectivity index (χ2n) is 7.22. The third-order valence-corrected chi connectivity index (χ3v) is 6.84. The number of hydrogen-bond acceptors (Lipinski definition) is 5. The Hall–Kier alpha value is -3.03. The van der Waals surface area contributed by atoms with Crippen LogP contribution in [0.4, 0.5) is 0 Å². The van der Waals surface area contributed by atoms with Crippen molar-refractivity contribution in [3.05, 3.63) is 74.3 Å². The minimum absolute atomic E-state index is 0.0824. The molecule has 0 atom stereocenters. The lowest BCUT2D eigenvalue weighted by molar-refractivity contribution is -0.123. The van der Waals surface area contributed by atoms with Crippen molar-refractivity contribution in [2.45, 2.75) is 12.8 Å². The molecule has 30 heavy (non-hydrogen) atoms. The van der Waals surface area contributed by atoms with Gasteiger partial charge in [-0.25, -0.2) is 4.98 Å². The molecule has 0 saturated carbocycles. The van der Waals surface area contributed by atoms with E-state index in [1.54, 1.807) is 11.3 Å². The first-order chi connectivity index (χ1) is 14.7. The van der Waals surface area contributed by atoms with Crippen LogP contribution < -0.4 is 5.56 Å². The van der Waals surface area contributed by atoms with Gasteiger partial charge in [-0.1, -0.05) is 30.3 Å². The van der Waals surface area contributed by atoms with Gasteiger partial charge in [0.1, 0.15) is 10.7 Å². The van der Waals surface area contributed by atoms with Gasteiger partial charge in [0.15, 0.2) is 0 Å². The summed E-state index contributed by atoms with van der Waals surface area (Å²) in [5, 5.41) is 6.47. The minimum Gasteiger partial charge on any atom is -0.339 e. The Balaban J connectivity index is 1.64. The van der Waals surface area contributed by atoms with Crippen molar-refractivity contribution in [1.82, 2.24) is 14.9 Å². The van der Waals surface area contributed by atoms with Gasteiger partial charge in [0.05, 0.1) is 11.0 Å². The molecule has 150 valence electrons. The summed E-state index contributed by atoms with van der Waals surface area (Å²) in [6.45, 7) is 1.48. The van der Waals surface area contributed by atoms with Crippen molar-refractivity contribution in [2.24, 2.45) is 0 Å². The zero-order chi connectivity index (χ0) is 20.5. The number of benzene rings is 1. The van der Waals surface area contributed by atoms with Crippen LogP contribution in [0, 0.1) is 0 Å². The van der Waals surface area contributed by atoms with Gasteiger partial charge in [-0.2, -0.15) is 11.3 Å². The van der Waals surface area contributed by atoms with Crippen molar-refractivity contribution >= 4 is 50.4 Å². The van der Waals surface area contributed by atoms with Crippen molar-refractivity contribution < 1.29 is 4.79 Å². The molecule has 5 nitrogen and oxygen atoms in total. The monoisotopic (exact) mass is 433 g/mol. The predicted octanol–water partition coefficient (Wildman–Crippen LogP) is 4.88. The first kappa shape index (κ1) is 19.0. The van der Waals surface area contributed by atoms with E-state index in [0.29, 0.717) is 21.6 Å². The van der Waals surface area contributed by atoms with Crippen molar-refractivity contribution in [1.29, 1.82) is 0 Å². The van der Waals surface area contributed by atoms with E-state index < -0.39 is 0 Å². The number of carbonyl (C=O) groups is 1. The van der Waals surface area contributed by atoms with E-state index in [0.717, 1.165) is 42.6 Å². The smallest absolute Gasteiger partial charge is 0.260 e. The molecule has 1 amide bonds. The summed E-state index contributed by atoms with van der Waals surface area (Å²) in [7, 11) is 0. The highest BCUT2D eigenvalue weighted by Crippen LogP contribution is 2.31. The van der Waals surface area contributed by atoms with Crippen LogP contribution in [0.2, 0.25) is 0 Å². The number of carbonyl (C=O) groups excluding carboxylic acids is 1. The maximum Gasteiger partial charge on any atom is 0.260 e. The molecule has 1 N–H and O–H groups in total. The highest BCUT2D eigenvalue weighted by Gasteiger charge is 2.25. The van der Waals surface area contributed by atoms with Crippen LogP contribution in [0.5, 0.6) is 0 Å². The molecule has 1 fully saturated rings. The van der Waals surface area contributed by atoms with Gasteiger partial charge in [0.25, 0.3) is 11.5 Å². The summed E-state index contributed by atoms with van der Waals surface area (Å²) in [6, 6.07) is 11.8. The molecule has 0 spiro atoms. The molecule has 4 aromatic rings. The highest BCUT2D eigenvalue weighted by atomic mass is 32.1. The maximum atomic E-state index is 13.2. The highest BCUT2D eigenvalue weighted by molar-refractivity contribution is 7.17. The quantitative estimate of drug-likeness (QED) is 0.467. The molecule has 1 aliphatic rings. The van der Waals surface area contributed by atoms with E-state index in [9.17, 15) is 9.59 Å². The molecule has 1 aromatic carbocycles. The predicted molar refractivity (Wildman–Crippen MR) is 124 cm³/mol. The number of H-pyrrole nitrogens is 1. The molecule has 4 heterocycles. The van der Waals surface area contributed by atoms with Crippen LogP contribution in [0.3, 0.4) is 0 Å². The molecule has 3 aromatic heterocycles. The Kier molecular flexibility index (Phi) is 5.06. The van der Waals surface area contributed by atoms with Gasteiger partial charge in [-0.15, -0.1) is 11.3 Å². The van der Waals surface area contributed by atoms with E-state index >= 15 is 0 Å². The van der Waals surface area contributed by atoms with Crippen LogP contribution in [0.1, 0.15) is 24.2 Å². The lowest BCUT2D eigenvalue weighted by Crippen LogP contribution is -2.29. The van der Waals surface area contributed by atoms with E-state index in [-0.39, 0.29) is 11.5 Å². The molecule has 1 aliphatic heterocycles. The van der Waals surface area contributed by atoms with Crippen molar-refractivity contribution in [3.8, 4) is 11.1 Å². The fourth-order valence-electron chi connectivity index (χ4n) is 3.75. The standard InChI is InChI=1S/C23H19N3O2S2/c27-21-19-18(16-6-2-1-3-7-16)14-30-22(19)25-20(24-21)17(12-15-8-11-29-13-15)23(28)26-9-4-5-10-26/h1-3,6-8,11-14H,4-5,9-10H2,(H,24,25,27). The van der Waals surface area contributed by atoms with Gasteiger partial charge in [-0.3, -0.25) is 9.59 Å². The molecule has 0 aliphatic carbocycles. The molecular formula is C23H19N3O2S2. The Morgan fingerprint density at radius 1 is 1.10 bits per heavy atom. The molecular weight excluding hydrogens is 414 g/mol. The largest absolute Gasteiger partial charge is 0.339 e. The Labute approximate surface area is 181 Å². The van der Waals surface area contributed by atoms with Crippen LogP contribution in [-0.4, -0.2) is 33.9 Å². The topological polar surface area (TPSA) is 66.1 Å². The summed E-state index contributed by atoms with van der Waals surface area (Å²) in [5.41, 5.74) is 2.99. The average Bonchev–Trinajstić information content (AvgIpc) is 3.54. The first-order valence-electron chi connectivity index (χ1n) is 9.81. The fourth-order valence-corrected chi connectivity index (χ4v) is 5.32. The Bertz CT molecular complexity index is 1280. The number of likely N-dealkylation sites (tertiary alicyclic amines) is 1. The first-order valence-corrected chi connectivity index (χ1v) is 11.6. The molecule has 5 rings (SSSR count). The Morgan fingerprint density at radius 3 is 2.63 bits per heavy atom. The zero-order valence-corrected chi connectivity index (χ0v) is 17.8. The summed E-state index contributed by atoms with van der Waals surface area (Å²) in [5.74, 6) is 0.248. The van der Waals surface area contributed by atoms with E-state index in [1.807, 2.05) is 63.5 Å². The van der Waals surface area contributed by atoms with E-state index in [4.69, 9.17) is 4.98 Å². The number of rotatable bonds is 4. The summed E-state index contributed by atoms with van der Waals surface area (Å²) >= 11 is 2.99. The van der Waals surface area contributed by atoms with E-state index in [1.165, 1.54) is 11.3 Å². The van der Waals surface area contributed by atoms with E-state index in [2.05, 4.69) is 4.98 Å². The van der Waals surface area contributed by atoms with Crippen molar-refractivity contribution in [2.75, 3.05) is 13.1 Å². The minimum atomic E-state index is -0.222. The summed E-state index contributed by atoms with van der Waals surface area (Å²) in [4.78, 5) is 36.4. The summed E-state index contributed by atoms with van der Waals surface area (Å²) < 4.78 is 0. The maximum absolute atomic E-state index is 13.2. The van der Waals surface area contributed by atoms with Crippen molar-refractivity contribution in [3.63, 3.8) is 0 Å². The second kappa shape index (κ2) is 8.01. The number of aromatic nitrogens is 2. The molecule has 0 radical (unpaired) electrons. The molecule has 7 heteroatoms. The number of nitrogens with zero attached hydrogens (tertiary/aromatic N) is 2. The van der Waals surface area contributed by atoms with Gasteiger partial charge in [0.2, 0.25) is 0 Å². The lowest BCUT2D eigenvalue weighted by Gasteiger charge is -2.17. The third-order valence-electron chi connectivity index (χ3n) is 5.26. The van der Waals surface area contributed by atoms with Gasteiger partial charge < -0.3 is 9.88 Å². The lowest BCUT2D eigenvalue weighted by atomic mass is 10.1. The van der Waals surface area contributed by atoms with Crippen LogP contribution in [0.15, 0.2) is 57.3 Å². The van der Waals surface area contributed by atoms with Gasteiger partial charge in [-0.05, 0) is 46.9 Å². The number of amides is 1. The zero-order valence-electron chi connectivity index (χ0n) is 16.1. The average molecular weight is 434 g/mol. The molecule has 1 saturated heterocycles. The van der Waals surface area contributed by atoms with Gasteiger partial charge in [0, 0.05) is 24.0 Å². The number of nitrogens with one attached hydrogen (secondary N) is 1. The Morgan fingerprint density at radius 2 is 1.90 bits per heavy atom. The van der Waals surface area contributed by atoms with Crippen LogP contribution in [0.25, 0.3) is 33.0 Å². The number of thiophene rings is 2. The summed E-state index contributed by atoms with van der Waals surface area (Å²) in [6.07, 6.45) is 3.84.